The lowest BCUT2D eigenvalue weighted by atomic mass is 10.1. The molecule has 2 aliphatic rings. The van der Waals surface area contributed by atoms with Crippen LogP contribution in [0.2, 0.25) is 5.02 Å². The van der Waals surface area contributed by atoms with Gasteiger partial charge >= 0.3 is 5.69 Å². The number of hydrogen-bond acceptors (Lipinski definition) is 5. The van der Waals surface area contributed by atoms with E-state index in [2.05, 4.69) is 10.3 Å². The van der Waals surface area contributed by atoms with Gasteiger partial charge in [0, 0.05) is 17.1 Å². The van der Waals surface area contributed by atoms with Gasteiger partial charge in [-0.05, 0) is 69.6 Å². The molecule has 0 aliphatic carbocycles. The zero-order valence-corrected chi connectivity index (χ0v) is 17.2. The van der Waals surface area contributed by atoms with Crippen LogP contribution in [0.3, 0.4) is 0 Å². The third-order valence-corrected chi connectivity index (χ3v) is 5.75. The maximum absolute atomic E-state index is 12.7. The predicted molar refractivity (Wildman–Crippen MR) is 114 cm³/mol. The molecule has 0 unspecified atom stereocenters. The topological polar surface area (TPSA) is 71.7 Å². The molecule has 2 aromatic rings. The highest BCUT2D eigenvalue weighted by Gasteiger charge is 2.17. The van der Waals surface area contributed by atoms with E-state index in [0.717, 1.165) is 30.6 Å². The standard InChI is InChI=1S/C21H27ClN4O3/c22-16-6-7-19-17(14-16)18(8-13-29-19)23-26-15-20(27)25(21(26)28)12-5-4-11-24-9-2-1-3-10-24/h6-8,14-15,23,27H,1-5,9-13H2. The van der Waals surface area contributed by atoms with Gasteiger partial charge in [0.05, 0.1) is 11.9 Å². The third-order valence-electron chi connectivity index (χ3n) is 5.51. The molecule has 3 heterocycles. The second-order valence-corrected chi connectivity index (χ2v) is 8.02. The predicted octanol–water partition coefficient (Wildman–Crippen LogP) is 3.25. The number of benzene rings is 1. The van der Waals surface area contributed by atoms with Crippen molar-refractivity contribution in [3.63, 3.8) is 0 Å². The van der Waals surface area contributed by atoms with E-state index in [1.165, 1.54) is 47.8 Å². The van der Waals surface area contributed by atoms with E-state index in [1.807, 2.05) is 6.08 Å². The summed E-state index contributed by atoms with van der Waals surface area (Å²) in [5.41, 5.74) is 4.28. The maximum atomic E-state index is 12.7. The zero-order valence-electron chi connectivity index (χ0n) is 16.4. The molecule has 0 amide bonds. The van der Waals surface area contributed by atoms with Crippen LogP contribution >= 0.6 is 11.6 Å². The number of aromatic nitrogens is 2. The lowest BCUT2D eigenvalue weighted by Crippen LogP contribution is -2.32. The molecule has 2 aliphatic heterocycles. The Bertz CT molecular complexity index is 944. The van der Waals surface area contributed by atoms with Crippen molar-refractivity contribution in [2.75, 3.05) is 31.7 Å². The van der Waals surface area contributed by atoms with E-state index in [0.29, 0.717) is 23.9 Å². The van der Waals surface area contributed by atoms with E-state index in [4.69, 9.17) is 16.3 Å². The summed E-state index contributed by atoms with van der Waals surface area (Å²) in [5.74, 6) is 0.660. The Hall–Kier alpha value is -2.38. The molecule has 29 heavy (non-hydrogen) atoms. The summed E-state index contributed by atoms with van der Waals surface area (Å²) in [4.78, 5) is 15.2. The molecule has 1 aromatic heterocycles. The van der Waals surface area contributed by atoms with Crippen molar-refractivity contribution in [3.8, 4) is 11.6 Å². The first kappa shape index (κ1) is 19.9. The SMILES string of the molecule is O=c1n(NC2=CCOc3ccc(Cl)cc32)cc(O)n1CCCCN1CCCCC1. The summed E-state index contributed by atoms with van der Waals surface area (Å²) >= 11 is 6.11. The van der Waals surface area contributed by atoms with E-state index in [-0.39, 0.29) is 11.6 Å². The summed E-state index contributed by atoms with van der Waals surface area (Å²) < 4.78 is 8.31. The van der Waals surface area contributed by atoms with Crippen LogP contribution in [-0.2, 0) is 6.54 Å². The number of unbranched alkanes of at least 4 members (excludes halogenated alkanes) is 1. The Labute approximate surface area is 175 Å². The summed E-state index contributed by atoms with van der Waals surface area (Å²) in [6, 6.07) is 5.36. The van der Waals surface area contributed by atoms with Crippen molar-refractivity contribution in [2.45, 2.75) is 38.6 Å². The van der Waals surface area contributed by atoms with E-state index >= 15 is 0 Å². The van der Waals surface area contributed by atoms with Crippen molar-refractivity contribution >= 4 is 17.3 Å². The molecule has 2 N–H and O–H groups in total. The Morgan fingerprint density at radius 2 is 1.93 bits per heavy atom. The highest BCUT2D eigenvalue weighted by molar-refractivity contribution is 6.30. The van der Waals surface area contributed by atoms with Gasteiger partial charge in [-0.2, -0.15) is 0 Å². The lowest BCUT2D eigenvalue weighted by Gasteiger charge is -2.26. The third kappa shape index (κ3) is 4.62. The first-order valence-electron chi connectivity index (χ1n) is 10.3. The van der Waals surface area contributed by atoms with Crippen molar-refractivity contribution in [3.05, 3.63) is 51.5 Å². The summed E-state index contributed by atoms with van der Waals surface area (Å²) in [6.45, 7) is 4.30. The van der Waals surface area contributed by atoms with Crippen LogP contribution in [0.1, 0.15) is 37.7 Å². The number of likely N-dealkylation sites (tertiary alicyclic amines) is 1. The van der Waals surface area contributed by atoms with Crippen molar-refractivity contribution < 1.29 is 9.84 Å². The molecule has 0 bridgehead atoms. The fourth-order valence-corrected chi connectivity index (χ4v) is 4.12. The number of imidazole rings is 1. The van der Waals surface area contributed by atoms with Crippen LogP contribution in [0.5, 0.6) is 11.6 Å². The second-order valence-electron chi connectivity index (χ2n) is 7.58. The van der Waals surface area contributed by atoms with Crippen molar-refractivity contribution in [1.82, 2.24) is 14.1 Å². The highest BCUT2D eigenvalue weighted by Crippen LogP contribution is 2.31. The Morgan fingerprint density at radius 3 is 2.76 bits per heavy atom. The molecule has 8 heteroatoms. The molecule has 7 nitrogen and oxygen atoms in total. The minimum absolute atomic E-state index is 0.0422. The number of rotatable bonds is 7. The molecule has 4 rings (SSSR count). The smallest absolute Gasteiger partial charge is 0.349 e. The first-order valence-corrected chi connectivity index (χ1v) is 10.6. The zero-order chi connectivity index (χ0) is 20.2. The van der Waals surface area contributed by atoms with Crippen LogP contribution in [-0.4, -0.2) is 45.5 Å². The number of nitrogens with one attached hydrogen (secondary N) is 1. The van der Waals surface area contributed by atoms with Gasteiger partial charge in [0.2, 0.25) is 5.88 Å². The molecule has 0 radical (unpaired) electrons. The van der Waals surface area contributed by atoms with Crippen LogP contribution in [0.4, 0.5) is 0 Å². The number of nitrogens with zero attached hydrogens (tertiary/aromatic N) is 3. The quantitative estimate of drug-likeness (QED) is 0.675. The second kappa shape index (κ2) is 8.97. The molecule has 1 aromatic carbocycles. The van der Waals surface area contributed by atoms with Crippen LogP contribution in [0, 0.1) is 0 Å². The van der Waals surface area contributed by atoms with Crippen molar-refractivity contribution in [2.24, 2.45) is 0 Å². The number of halogens is 1. The summed E-state index contributed by atoms with van der Waals surface area (Å²) in [6.07, 6.45) is 9.01. The molecule has 0 saturated carbocycles. The average molecular weight is 419 g/mol. The van der Waals surface area contributed by atoms with Crippen molar-refractivity contribution in [1.29, 1.82) is 0 Å². The van der Waals surface area contributed by atoms with Gasteiger partial charge in [-0.3, -0.25) is 9.99 Å². The number of fused-ring (bicyclic) bond motifs is 1. The fourth-order valence-electron chi connectivity index (χ4n) is 3.95. The monoisotopic (exact) mass is 418 g/mol. The number of piperidine rings is 1. The summed E-state index contributed by atoms with van der Waals surface area (Å²) in [5, 5.41) is 10.8. The number of hydrogen-bond donors (Lipinski definition) is 2. The van der Waals surface area contributed by atoms with Crippen LogP contribution < -0.4 is 15.9 Å². The first-order chi connectivity index (χ1) is 14.1. The molecule has 0 atom stereocenters. The van der Waals surface area contributed by atoms with Gasteiger partial charge in [-0.1, -0.05) is 18.0 Å². The van der Waals surface area contributed by atoms with Crippen LogP contribution in [0.25, 0.3) is 5.70 Å². The van der Waals surface area contributed by atoms with E-state index < -0.39 is 0 Å². The van der Waals surface area contributed by atoms with Gasteiger partial charge in [-0.25, -0.2) is 9.47 Å². The minimum Gasteiger partial charge on any atom is -0.493 e. The maximum Gasteiger partial charge on any atom is 0.349 e. The molecule has 156 valence electrons. The largest absolute Gasteiger partial charge is 0.493 e. The van der Waals surface area contributed by atoms with Crippen LogP contribution in [0.15, 0.2) is 35.3 Å². The van der Waals surface area contributed by atoms with Gasteiger partial charge in [-0.15, -0.1) is 0 Å². The minimum atomic E-state index is -0.295. The molecule has 1 fully saturated rings. The molecular formula is C21H27ClN4O3. The lowest BCUT2D eigenvalue weighted by molar-refractivity contribution is 0.223. The Balaban J connectivity index is 1.39. The Morgan fingerprint density at radius 1 is 1.14 bits per heavy atom. The molecule has 0 spiro atoms. The normalized spacial score (nSPS) is 16.8. The number of aromatic hydroxyl groups is 1. The summed E-state index contributed by atoms with van der Waals surface area (Å²) in [7, 11) is 0. The Kier molecular flexibility index (Phi) is 6.16. The van der Waals surface area contributed by atoms with Gasteiger partial charge in [0.25, 0.3) is 0 Å². The van der Waals surface area contributed by atoms with Gasteiger partial charge in [0.15, 0.2) is 0 Å². The fraction of sp³-hybridized carbons (Fsp3) is 0.476. The highest BCUT2D eigenvalue weighted by atomic mass is 35.5. The molecular weight excluding hydrogens is 392 g/mol. The van der Waals surface area contributed by atoms with Gasteiger partial charge in [0.1, 0.15) is 12.4 Å². The molecule has 1 saturated heterocycles. The average Bonchev–Trinajstić information content (AvgIpc) is 2.99. The van der Waals surface area contributed by atoms with Gasteiger partial charge < -0.3 is 14.7 Å². The number of ether oxygens (including phenoxy) is 1. The van der Waals surface area contributed by atoms with E-state index in [9.17, 15) is 9.90 Å². The van der Waals surface area contributed by atoms with E-state index in [1.54, 1.807) is 18.2 Å².